The van der Waals surface area contributed by atoms with Crippen LogP contribution in [0.25, 0.3) is 0 Å². The van der Waals surface area contributed by atoms with Crippen LogP contribution in [-0.4, -0.2) is 23.3 Å². The van der Waals surface area contributed by atoms with Crippen LogP contribution in [0.4, 0.5) is 10.1 Å². The van der Waals surface area contributed by atoms with E-state index in [-0.39, 0.29) is 33.3 Å². The number of rotatable bonds is 7. The molecule has 0 aliphatic rings. The van der Waals surface area contributed by atoms with Gasteiger partial charge < -0.3 is 9.47 Å². The molecule has 0 unspecified atom stereocenters. The molecule has 0 saturated carbocycles. The lowest BCUT2D eigenvalue weighted by Gasteiger charge is -2.09. The quantitative estimate of drug-likeness (QED) is 0.221. The van der Waals surface area contributed by atoms with Gasteiger partial charge in [-0.05, 0) is 54.6 Å². The fourth-order valence-electron chi connectivity index (χ4n) is 2.45. The Hall–Kier alpha value is -3.78. The Kier molecular flexibility index (Phi) is 6.38. The van der Waals surface area contributed by atoms with E-state index in [2.05, 4.69) is 0 Å². The topological polar surface area (TPSA) is 95.7 Å². The average Bonchev–Trinajstić information content (AvgIpc) is 2.74. The second-order valence-electron chi connectivity index (χ2n) is 5.98. The maximum atomic E-state index is 12.9. The molecule has 7 nitrogen and oxygen atoms in total. The van der Waals surface area contributed by atoms with E-state index in [1.165, 1.54) is 54.6 Å². The number of hydrogen-bond acceptors (Lipinski definition) is 6. The highest BCUT2D eigenvalue weighted by Crippen LogP contribution is 2.37. The third-order valence-electron chi connectivity index (χ3n) is 3.95. The molecule has 152 valence electrons. The van der Waals surface area contributed by atoms with Crippen molar-refractivity contribution in [3.05, 3.63) is 98.8 Å². The molecule has 0 aliphatic heterocycles. The molecule has 0 aliphatic carbocycles. The summed E-state index contributed by atoms with van der Waals surface area (Å²) in [6, 6.07) is 14.6. The Bertz CT molecular complexity index is 1100. The SMILES string of the molecule is O=C(COC(=O)c1ccc(Oc2c(Cl)cccc2[N+](=O)[O-])cc1)c1ccc(F)cc1. The summed E-state index contributed by atoms with van der Waals surface area (Å²) >= 11 is 5.98. The number of esters is 1. The normalized spacial score (nSPS) is 10.3. The number of halogens is 2. The predicted molar refractivity (Wildman–Crippen MR) is 106 cm³/mol. The third-order valence-corrected chi connectivity index (χ3v) is 4.25. The minimum atomic E-state index is -0.749. The molecular formula is C21H13ClFNO6. The maximum Gasteiger partial charge on any atom is 0.338 e. The molecule has 0 fully saturated rings. The smallest absolute Gasteiger partial charge is 0.338 e. The number of para-hydroxylation sites is 1. The highest BCUT2D eigenvalue weighted by atomic mass is 35.5. The van der Waals surface area contributed by atoms with Crippen LogP contribution in [0.3, 0.4) is 0 Å². The number of nitrogens with zero attached hydrogens (tertiary/aromatic N) is 1. The molecule has 0 atom stereocenters. The second-order valence-corrected chi connectivity index (χ2v) is 6.39. The van der Waals surface area contributed by atoms with Crippen LogP contribution < -0.4 is 4.74 Å². The number of Topliss-reactive ketones (excluding diaryl/α,β-unsaturated/α-hetero) is 1. The molecule has 0 aromatic heterocycles. The van der Waals surface area contributed by atoms with Crippen LogP contribution in [0.1, 0.15) is 20.7 Å². The van der Waals surface area contributed by atoms with E-state index in [0.717, 1.165) is 12.1 Å². The summed E-state index contributed by atoms with van der Waals surface area (Å²) in [6.45, 7) is -0.505. The standard InChI is InChI=1S/C21H13ClFNO6/c22-17-2-1-3-18(24(27)28)20(17)30-16-10-6-14(7-11-16)21(26)29-12-19(25)13-4-8-15(23)9-5-13/h1-11H,12H2. The first-order valence-electron chi connectivity index (χ1n) is 8.52. The van der Waals surface area contributed by atoms with Crippen LogP contribution in [0.2, 0.25) is 5.02 Å². The molecule has 3 rings (SSSR count). The lowest BCUT2D eigenvalue weighted by atomic mass is 10.1. The van der Waals surface area contributed by atoms with Crippen molar-refractivity contribution in [3.8, 4) is 11.5 Å². The summed E-state index contributed by atoms with van der Waals surface area (Å²) in [5.74, 6) is -1.61. The molecule has 0 heterocycles. The van der Waals surface area contributed by atoms with Gasteiger partial charge in [0.05, 0.1) is 15.5 Å². The molecule has 0 saturated heterocycles. The molecule has 3 aromatic rings. The summed E-state index contributed by atoms with van der Waals surface area (Å²) in [5, 5.41) is 11.2. The number of ketones is 1. The number of carbonyl (C=O) groups is 2. The Labute approximate surface area is 174 Å². The monoisotopic (exact) mass is 429 g/mol. The maximum absolute atomic E-state index is 12.9. The fraction of sp³-hybridized carbons (Fsp3) is 0.0476. The van der Waals surface area contributed by atoms with E-state index < -0.39 is 29.1 Å². The van der Waals surface area contributed by atoms with Gasteiger partial charge in [0.15, 0.2) is 12.4 Å². The van der Waals surface area contributed by atoms with Crippen LogP contribution in [0, 0.1) is 15.9 Å². The van der Waals surface area contributed by atoms with Gasteiger partial charge in [-0.25, -0.2) is 9.18 Å². The molecule has 0 N–H and O–H groups in total. The summed E-state index contributed by atoms with van der Waals surface area (Å²) in [6.07, 6.45) is 0. The minimum Gasteiger partial charge on any atom is -0.454 e. The summed E-state index contributed by atoms with van der Waals surface area (Å²) in [5.41, 5.74) is 0.0579. The van der Waals surface area contributed by atoms with Gasteiger partial charge in [0.25, 0.3) is 0 Å². The zero-order valence-electron chi connectivity index (χ0n) is 15.2. The number of ether oxygens (including phenoxy) is 2. The van der Waals surface area contributed by atoms with Crippen LogP contribution >= 0.6 is 11.6 Å². The Balaban J connectivity index is 1.64. The van der Waals surface area contributed by atoms with Gasteiger partial charge in [0, 0.05) is 11.6 Å². The number of carbonyl (C=O) groups excluding carboxylic acids is 2. The molecule has 0 bridgehead atoms. The number of nitro groups is 1. The zero-order chi connectivity index (χ0) is 21.7. The van der Waals surface area contributed by atoms with Crippen molar-refractivity contribution in [1.82, 2.24) is 0 Å². The number of benzene rings is 3. The Morgan fingerprint density at radius 3 is 2.23 bits per heavy atom. The van der Waals surface area contributed by atoms with E-state index in [4.69, 9.17) is 21.1 Å². The largest absolute Gasteiger partial charge is 0.454 e. The van der Waals surface area contributed by atoms with Crippen LogP contribution in [0.5, 0.6) is 11.5 Å². The van der Waals surface area contributed by atoms with E-state index >= 15 is 0 Å². The third kappa shape index (κ3) is 4.98. The van der Waals surface area contributed by atoms with E-state index in [0.29, 0.717) is 0 Å². The van der Waals surface area contributed by atoms with E-state index in [9.17, 15) is 24.1 Å². The van der Waals surface area contributed by atoms with Crippen molar-refractivity contribution < 1.29 is 28.4 Å². The highest BCUT2D eigenvalue weighted by Gasteiger charge is 2.19. The molecule has 0 spiro atoms. The molecule has 0 amide bonds. The van der Waals surface area contributed by atoms with Crippen molar-refractivity contribution >= 4 is 29.0 Å². The van der Waals surface area contributed by atoms with Gasteiger partial charge in [-0.1, -0.05) is 17.7 Å². The Morgan fingerprint density at radius 1 is 0.967 bits per heavy atom. The molecule has 9 heteroatoms. The van der Waals surface area contributed by atoms with Gasteiger partial charge in [-0.3, -0.25) is 14.9 Å². The van der Waals surface area contributed by atoms with Gasteiger partial charge in [0.1, 0.15) is 11.6 Å². The molecular weight excluding hydrogens is 417 g/mol. The minimum absolute atomic E-state index is 0.0620. The fourth-order valence-corrected chi connectivity index (χ4v) is 2.66. The van der Waals surface area contributed by atoms with Gasteiger partial charge in [-0.2, -0.15) is 0 Å². The summed E-state index contributed by atoms with van der Waals surface area (Å²) in [4.78, 5) is 34.6. The van der Waals surface area contributed by atoms with Crippen molar-refractivity contribution in [1.29, 1.82) is 0 Å². The molecule has 3 aromatic carbocycles. The molecule has 0 radical (unpaired) electrons. The Morgan fingerprint density at radius 2 is 1.60 bits per heavy atom. The molecule has 30 heavy (non-hydrogen) atoms. The van der Waals surface area contributed by atoms with Crippen molar-refractivity contribution in [2.75, 3.05) is 6.61 Å². The van der Waals surface area contributed by atoms with Crippen LogP contribution in [0.15, 0.2) is 66.7 Å². The first-order chi connectivity index (χ1) is 14.3. The predicted octanol–water partition coefficient (Wildman–Crippen LogP) is 5.22. The average molecular weight is 430 g/mol. The number of nitro benzene ring substituents is 1. The summed E-state index contributed by atoms with van der Waals surface area (Å²) in [7, 11) is 0. The first kappa shape index (κ1) is 20.9. The van der Waals surface area contributed by atoms with Gasteiger partial charge in [0.2, 0.25) is 5.75 Å². The second kappa shape index (κ2) is 9.15. The highest BCUT2D eigenvalue weighted by molar-refractivity contribution is 6.32. The zero-order valence-corrected chi connectivity index (χ0v) is 16.0. The first-order valence-corrected chi connectivity index (χ1v) is 8.89. The van der Waals surface area contributed by atoms with E-state index in [1.807, 2.05) is 0 Å². The van der Waals surface area contributed by atoms with Crippen molar-refractivity contribution in [3.63, 3.8) is 0 Å². The van der Waals surface area contributed by atoms with Crippen LogP contribution in [-0.2, 0) is 4.74 Å². The van der Waals surface area contributed by atoms with E-state index in [1.54, 1.807) is 0 Å². The van der Waals surface area contributed by atoms with Gasteiger partial charge >= 0.3 is 11.7 Å². The van der Waals surface area contributed by atoms with Crippen molar-refractivity contribution in [2.45, 2.75) is 0 Å². The summed E-state index contributed by atoms with van der Waals surface area (Å²) < 4.78 is 23.4. The van der Waals surface area contributed by atoms with Gasteiger partial charge in [-0.15, -0.1) is 0 Å². The lowest BCUT2D eigenvalue weighted by molar-refractivity contribution is -0.385. The lowest BCUT2D eigenvalue weighted by Crippen LogP contribution is -2.14. The number of hydrogen-bond donors (Lipinski definition) is 0. The van der Waals surface area contributed by atoms with Crippen molar-refractivity contribution in [2.24, 2.45) is 0 Å².